The van der Waals surface area contributed by atoms with Crippen molar-refractivity contribution in [3.8, 4) is 5.75 Å². The molecule has 0 aliphatic heterocycles. The zero-order valence-corrected chi connectivity index (χ0v) is 11.1. The fourth-order valence-electron chi connectivity index (χ4n) is 1.54. The van der Waals surface area contributed by atoms with Gasteiger partial charge in [0.15, 0.2) is 24.0 Å². The summed E-state index contributed by atoms with van der Waals surface area (Å²) in [4.78, 5) is 23.5. The molecule has 0 unspecified atom stereocenters. The summed E-state index contributed by atoms with van der Waals surface area (Å²) in [6.45, 7) is 2.12. The predicted octanol–water partition coefficient (Wildman–Crippen LogP) is 1.67. The van der Waals surface area contributed by atoms with Gasteiger partial charge in [0.1, 0.15) is 6.54 Å². The predicted molar refractivity (Wildman–Crippen MR) is 66.3 cm³/mol. The quantitative estimate of drug-likeness (QED) is 0.864. The van der Waals surface area contributed by atoms with Crippen molar-refractivity contribution in [2.45, 2.75) is 19.9 Å². The number of ether oxygens (including phenoxy) is 1. The number of hydrogen-bond donors (Lipinski definition) is 1. The Bertz CT molecular complexity index is 485. The molecule has 1 N–H and O–H groups in total. The normalized spacial score (nSPS) is 10.4. The van der Waals surface area contributed by atoms with E-state index in [0.717, 1.165) is 17.0 Å². The topological polar surface area (TPSA) is 66.8 Å². The van der Waals surface area contributed by atoms with Gasteiger partial charge in [-0.05, 0) is 26.0 Å². The Labute approximate surface area is 114 Å². The van der Waals surface area contributed by atoms with E-state index in [-0.39, 0.29) is 6.04 Å². The van der Waals surface area contributed by atoms with Crippen LogP contribution in [0.3, 0.4) is 0 Å². The molecule has 0 saturated heterocycles. The molecule has 0 radical (unpaired) electrons. The number of carboxylic acids is 1. The number of amides is 1. The minimum atomic E-state index is -1.18. The first kappa shape index (κ1) is 15.9. The van der Waals surface area contributed by atoms with E-state index >= 15 is 0 Å². The molecule has 1 aromatic carbocycles. The number of para-hydroxylation sites is 1. The third-order valence-electron chi connectivity index (χ3n) is 2.51. The highest BCUT2D eigenvalue weighted by Crippen LogP contribution is 2.20. The van der Waals surface area contributed by atoms with E-state index in [9.17, 15) is 18.4 Å². The van der Waals surface area contributed by atoms with Gasteiger partial charge in [-0.1, -0.05) is 6.07 Å². The van der Waals surface area contributed by atoms with Gasteiger partial charge in [-0.15, -0.1) is 0 Å². The molecule has 5 nitrogen and oxygen atoms in total. The van der Waals surface area contributed by atoms with Gasteiger partial charge in [-0.3, -0.25) is 9.59 Å². The monoisotopic (exact) mass is 287 g/mol. The van der Waals surface area contributed by atoms with Gasteiger partial charge in [0.25, 0.3) is 5.91 Å². The first-order valence-corrected chi connectivity index (χ1v) is 5.91. The van der Waals surface area contributed by atoms with Crippen LogP contribution in [-0.2, 0) is 9.59 Å². The Balaban J connectivity index is 2.72. The molecule has 0 saturated carbocycles. The van der Waals surface area contributed by atoms with Crippen LogP contribution in [-0.4, -0.2) is 41.1 Å². The van der Waals surface area contributed by atoms with E-state index < -0.39 is 42.4 Å². The Morgan fingerprint density at radius 2 is 1.85 bits per heavy atom. The standard InChI is InChI=1S/C13H15F2NO4/c1-8(2)16(6-12(18)19)11(17)7-20-13-9(14)4-3-5-10(13)15/h3-5,8H,6-7H2,1-2H3,(H,18,19). The molecule has 0 spiro atoms. The number of carbonyl (C=O) groups excluding carboxylic acids is 1. The average Bonchev–Trinajstić information content (AvgIpc) is 2.34. The van der Waals surface area contributed by atoms with Gasteiger partial charge in [-0.2, -0.15) is 0 Å². The third-order valence-corrected chi connectivity index (χ3v) is 2.51. The molecule has 110 valence electrons. The molecule has 0 fully saturated rings. The molecular weight excluding hydrogens is 272 g/mol. The van der Waals surface area contributed by atoms with Crippen LogP contribution in [0.4, 0.5) is 8.78 Å². The van der Waals surface area contributed by atoms with Crippen LogP contribution in [0.1, 0.15) is 13.8 Å². The number of nitrogens with zero attached hydrogens (tertiary/aromatic N) is 1. The van der Waals surface area contributed by atoms with E-state index in [1.165, 1.54) is 6.07 Å². The molecule has 7 heteroatoms. The minimum absolute atomic E-state index is 0.368. The van der Waals surface area contributed by atoms with E-state index in [1.54, 1.807) is 13.8 Å². The second-order valence-electron chi connectivity index (χ2n) is 4.35. The molecule has 0 bridgehead atoms. The third kappa shape index (κ3) is 4.18. The van der Waals surface area contributed by atoms with E-state index in [0.29, 0.717) is 0 Å². The first-order valence-electron chi connectivity index (χ1n) is 5.91. The van der Waals surface area contributed by atoms with Crippen LogP contribution in [0.2, 0.25) is 0 Å². The summed E-state index contributed by atoms with van der Waals surface area (Å²) < 4.78 is 31.4. The fourth-order valence-corrected chi connectivity index (χ4v) is 1.54. The Morgan fingerprint density at radius 3 is 2.30 bits per heavy atom. The molecule has 0 aromatic heterocycles. The summed E-state index contributed by atoms with van der Waals surface area (Å²) >= 11 is 0. The van der Waals surface area contributed by atoms with Crippen LogP contribution in [0.5, 0.6) is 5.75 Å². The highest BCUT2D eigenvalue weighted by molar-refractivity contribution is 5.82. The summed E-state index contributed by atoms with van der Waals surface area (Å²) in [6.07, 6.45) is 0. The van der Waals surface area contributed by atoms with Gasteiger partial charge < -0.3 is 14.7 Å². The van der Waals surface area contributed by atoms with Gasteiger partial charge in [0, 0.05) is 6.04 Å². The molecule has 0 atom stereocenters. The lowest BCUT2D eigenvalue weighted by Crippen LogP contribution is -2.43. The fraction of sp³-hybridized carbons (Fsp3) is 0.385. The van der Waals surface area contributed by atoms with Crippen LogP contribution in [0, 0.1) is 11.6 Å². The number of aliphatic carboxylic acids is 1. The van der Waals surface area contributed by atoms with Crippen LogP contribution in [0.15, 0.2) is 18.2 Å². The smallest absolute Gasteiger partial charge is 0.323 e. The SMILES string of the molecule is CC(C)N(CC(=O)O)C(=O)COc1c(F)cccc1F. The van der Waals surface area contributed by atoms with Crippen molar-refractivity contribution in [3.05, 3.63) is 29.8 Å². The Hall–Kier alpha value is -2.18. The molecule has 1 aromatic rings. The number of carbonyl (C=O) groups is 2. The van der Waals surface area contributed by atoms with Crippen molar-refractivity contribution < 1.29 is 28.2 Å². The highest BCUT2D eigenvalue weighted by Gasteiger charge is 2.21. The summed E-state index contributed by atoms with van der Waals surface area (Å²) in [5.74, 6) is -4.34. The number of carboxylic acid groups (broad SMARTS) is 1. The maximum absolute atomic E-state index is 13.3. The second kappa shape index (κ2) is 6.83. The lowest BCUT2D eigenvalue weighted by molar-refractivity contribution is -0.146. The number of hydrogen-bond acceptors (Lipinski definition) is 3. The van der Waals surface area contributed by atoms with Gasteiger partial charge in [0.05, 0.1) is 0 Å². The maximum Gasteiger partial charge on any atom is 0.323 e. The number of rotatable bonds is 6. The van der Waals surface area contributed by atoms with E-state index in [4.69, 9.17) is 9.84 Å². The summed E-state index contributed by atoms with van der Waals surface area (Å²) in [5, 5.41) is 8.70. The zero-order chi connectivity index (χ0) is 15.3. The molecule has 0 heterocycles. The minimum Gasteiger partial charge on any atom is -0.480 e. The largest absolute Gasteiger partial charge is 0.480 e. The van der Waals surface area contributed by atoms with Crippen molar-refractivity contribution in [1.29, 1.82) is 0 Å². The molecule has 0 aliphatic carbocycles. The Morgan fingerprint density at radius 1 is 1.30 bits per heavy atom. The molecule has 1 rings (SSSR count). The second-order valence-corrected chi connectivity index (χ2v) is 4.35. The van der Waals surface area contributed by atoms with Gasteiger partial charge >= 0.3 is 5.97 Å². The van der Waals surface area contributed by atoms with E-state index in [2.05, 4.69) is 0 Å². The summed E-state index contributed by atoms with van der Waals surface area (Å²) in [6, 6.07) is 2.80. The van der Waals surface area contributed by atoms with Crippen molar-refractivity contribution in [2.24, 2.45) is 0 Å². The zero-order valence-electron chi connectivity index (χ0n) is 11.1. The maximum atomic E-state index is 13.3. The summed E-state index contributed by atoms with van der Waals surface area (Å²) in [5.41, 5.74) is 0. The Kier molecular flexibility index (Phi) is 5.42. The molecule has 0 aliphatic rings. The lowest BCUT2D eigenvalue weighted by atomic mass is 10.3. The van der Waals surface area contributed by atoms with Crippen LogP contribution < -0.4 is 4.74 Å². The van der Waals surface area contributed by atoms with Crippen molar-refractivity contribution >= 4 is 11.9 Å². The number of halogens is 2. The average molecular weight is 287 g/mol. The van der Waals surface area contributed by atoms with Gasteiger partial charge in [0.2, 0.25) is 0 Å². The lowest BCUT2D eigenvalue weighted by Gasteiger charge is -2.24. The molecule has 1 amide bonds. The van der Waals surface area contributed by atoms with Crippen molar-refractivity contribution in [3.63, 3.8) is 0 Å². The van der Waals surface area contributed by atoms with Crippen LogP contribution >= 0.6 is 0 Å². The van der Waals surface area contributed by atoms with Crippen molar-refractivity contribution in [2.75, 3.05) is 13.2 Å². The summed E-state index contributed by atoms with van der Waals surface area (Å²) in [7, 11) is 0. The molecule has 20 heavy (non-hydrogen) atoms. The van der Waals surface area contributed by atoms with E-state index in [1.807, 2.05) is 0 Å². The number of benzene rings is 1. The molecular formula is C13H15F2NO4. The first-order chi connectivity index (χ1) is 9.32. The van der Waals surface area contributed by atoms with Gasteiger partial charge in [-0.25, -0.2) is 8.78 Å². The van der Waals surface area contributed by atoms with Crippen LogP contribution in [0.25, 0.3) is 0 Å². The van der Waals surface area contributed by atoms with Crippen molar-refractivity contribution in [1.82, 2.24) is 4.90 Å². The highest BCUT2D eigenvalue weighted by atomic mass is 19.1.